The number of carbonyl (C=O) groups excluding carboxylic acids is 2. The summed E-state index contributed by atoms with van der Waals surface area (Å²) in [6.45, 7) is 7.19. The Kier molecular flexibility index (Phi) is 6.45. The molecule has 0 aromatic carbocycles. The van der Waals surface area contributed by atoms with Crippen molar-refractivity contribution in [3.8, 4) is 0 Å². The lowest BCUT2D eigenvalue weighted by molar-refractivity contribution is -0.116. The molecule has 1 aromatic rings. The Morgan fingerprint density at radius 1 is 1.30 bits per heavy atom. The van der Waals surface area contributed by atoms with Crippen molar-refractivity contribution in [1.82, 2.24) is 15.1 Å². The predicted molar refractivity (Wildman–Crippen MR) is 113 cm³/mol. The van der Waals surface area contributed by atoms with Crippen molar-refractivity contribution in [3.63, 3.8) is 0 Å². The molecule has 2 aliphatic rings. The molecule has 10 heteroatoms. The fourth-order valence-corrected chi connectivity index (χ4v) is 5.16. The Morgan fingerprint density at radius 3 is 2.57 bits per heavy atom. The highest BCUT2D eigenvalue weighted by Gasteiger charge is 2.34. The molecule has 0 bridgehead atoms. The number of carbonyl (C=O) groups is 2. The van der Waals surface area contributed by atoms with Crippen molar-refractivity contribution >= 4 is 27.7 Å². The molecule has 1 aliphatic carbocycles. The lowest BCUT2D eigenvalue weighted by Gasteiger charge is -2.22. The van der Waals surface area contributed by atoms with Crippen LogP contribution in [0, 0.1) is 0 Å². The number of amides is 2. The number of nitrogens with one attached hydrogen (secondary N) is 2. The van der Waals surface area contributed by atoms with Crippen LogP contribution in [0.25, 0.3) is 0 Å². The molecule has 1 aliphatic heterocycles. The van der Waals surface area contributed by atoms with Crippen LogP contribution in [0.15, 0.2) is 6.07 Å². The van der Waals surface area contributed by atoms with Crippen LogP contribution >= 0.6 is 0 Å². The average molecular weight is 441 g/mol. The number of hydrogen-bond donors (Lipinski definition) is 2. The van der Waals surface area contributed by atoms with E-state index >= 15 is 0 Å². The molecule has 0 unspecified atom stereocenters. The zero-order chi connectivity index (χ0) is 22.1. The number of sulfone groups is 1. The standard InChI is InChI=1S/C20H32N4O5S/c1-13(21-19(26)29-20(2,3)4)5-8-18(25)22-17-11-16(14-6-7-14)23-24(17)15-9-10-30(27,28)12-15/h11,13-15H,5-10,12H2,1-4H3,(H,21,26)(H,22,25)/t13-,15-/m1/s1. The minimum Gasteiger partial charge on any atom is -0.444 e. The number of rotatable bonds is 7. The van der Waals surface area contributed by atoms with Crippen molar-refractivity contribution in [2.24, 2.45) is 0 Å². The van der Waals surface area contributed by atoms with Gasteiger partial charge in [0, 0.05) is 24.4 Å². The van der Waals surface area contributed by atoms with E-state index in [1.54, 1.807) is 25.5 Å². The lowest BCUT2D eigenvalue weighted by Crippen LogP contribution is -2.38. The second-order valence-corrected chi connectivity index (χ2v) is 11.6. The molecule has 3 rings (SSSR count). The van der Waals surface area contributed by atoms with Gasteiger partial charge in [-0.1, -0.05) is 0 Å². The van der Waals surface area contributed by atoms with Crippen LogP contribution in [0.3, 0.4) is 0 Å². The summed E-state index contributed by atoms with van der Waals surface area (Å²) in [6.07, 6.45) is 2.80. The molecule has 0 radical (unpaired) electrons. The molecule has 2 atom stereocenters. The molecule has 1 saturated heterocycles. The quantitative estimate of drug-likeness (QED) is 0.673. The Balaban J connectivity index is 1.56. The first-order valence-corrected chi connectivity index (χ1v) is 12.3. The topological polar surface area (TPSA) is 119 Å². The summed E-state index contributed by atoms with van der Waals surface area (Å²) in [4.78, 5) is 24.3. The number of nitrogens with zero attached hydrogens (tertiary/aromatic N) is 2. The summed E-state index contributed by atoms with van der Waals surface area (Å²) in [7, 11) is -3.06. The highest BCUT2D eigenvalue weighted by atomic mass is 32.2. The van der Waals surface area contributed by atoms with Crippen LogP contribution < -0.4 is 10.6 Å². The molecule has 2 heterocycles. The van der Waals surface area contributed by atoms with E-state index in [9.17, 15) is 18.0 Å². The molecule has 1 aromatic heterocycles. The number of ether oxygens (including phenoxy) is 1. The highest BCUT2D eigenvalue weighted by molar-refractivity contribution is 7.91. The van der Waals surface area contributed by atoms with E-state index in [1.165, 1.54) is 0 Å². The Bertz CT molecular complexity index is 899. The van der Waals surface area contributed by atoms with Gasteiger partial charge in [0.05, 0.1) is 23.2 Å². The van der Waals surface area contributed by atoms with E-state index in [4.69, 9.17) is 4.74 Å². The Hall–Kier alpha value is -2.10. The first-order chi connectivity index (χ1) is 13.9. The summed E-state index contributed by atoms with van der Waals surface area (Å²) in [6, 6.07) is 1.39. The fraction of sp³-hybridized carbons (Fsp3) is 0.750. The van der Waals surface area contributed by atoms with Crippen LogP contribution in [-0.4, -0.2) is 53.3 Å². The number of anilines is 1. The second-order valence-electron chi connectivity index (χ2n) is 9.36. The minimum atomic E-state index is -3.06. The summed E-state index contributed by atoms with van der Waals surface area (Å²) < 4.78 is 30.7. The molecule has 30 heavy (non-hydrogen) atoms. The number of aromatic nitrogens is 2. The fourth-order valence-electron chi connectivity index (χ4n) is 3.47. The third kappa shape index (κ3) is 6.45. The molecular weight excluding hydrogens is 408 g/mol. The summed E-state index contributed by atoms with van der Waals surface area (Å²) in [5.74, 6) is 0.961. The third-order valence-corrected chi connectivity index (χ3v) is 6.89. The average Bonchev–Trinajstić information content (AvgIpc) is 3.27. The maximum absolute atomic E-state index is 12.5. The van der Waals surface area contributed by atoms with E-state index in [0.717, 1.165) is 18.5 Å². The van der Waals surface area contributed by atoms with Gasteiger partial charge in [0.1, 0.15) is 11.4 Å². The van der Waals surface area contributed by atoms with Gasteiger partial charge in [-0.15, -0.1) is 0 Å². The van der Waals surface area contributed by atoms with Gasteiger partial charge in [-0.3, -0.25) is 4.79 Å². The van der Waals surface area contributed by atoms with Gasteiger partial charge in [-0.25, -0.2) is 17.9 Å². The van der Waals surface area contributed by atoms with E-state index in [-0.39, 0.29) is 35.9 Å². The first-order valence-electron chi connectivity index (χ1n) is 10.5. The van der Waals surface area contributed by atoms with Crippen molar-refractivity contribution < 1.29 is 22.7 Å². The molecule has 9 nitrogen and oxygen atoms in total. The summed E-state index contributed by atoms with van der Waals surface area (Å²) >= 11 is 0. The Labute approximate surface area is 177 Å². The maximum atomic E-state index is 12.5. The van der Waals surface area contributed by atoms with Gasteiger partial charge < -0.3 is 15.4 Å². The molecule has 1 saturated carbocycles. The maximum Gasteiger partial charge on any atom is 0.407 e. The molecule has 2 fully saturated rings. The van der Waals surface area contributed by atoms with Gasteiger partial charge in [0.2, 0.25) is 5.91 Å². The third-order valence-electron chi connectivity index (χ3n) is 5.14. The zero-order valence-corrected chi connectivity index (χ0v) is 18.9. The van der Waals surface area contributed by atoms with Crippen LogP contribution in [0.4, 0.5) is 10.6 Å². The van der Waals surface area contributed by atoms with E-state index in [0.29, 0.717) is 24.6 Å². The normalized spacial score (nSPS) is 21.8. The molecule has 2 N–H and O–H groups in total. The minimum absolute atomic E-state index is 0.0541. The monoisotopic (exact) mass is 440 g/mol. The summed E-state index contributed by atoms with van der Waals surface area (Å²) in [5, 5.41) is 10.2. The van der Waals surface area contributed by atoms with Crippen molar-refractivity contribution in [2.75, 3.05) is 16.8 Å². The van der Waals surface area contributed by atoms with E-state index in [2.05, 4.69) is 15.7 Å². The van der Waals surface area contributed by atoms with Crippen LogP contribution in [-0.2, 0) is 19.4 Å². The van der Waals surface area contributed by atoms with Crippen molar-refractivity contribution in [2.45, 2.75) is 83.4 Å². The van der Waals surface area contributed by atoms with E-state index in [1.807, 2.05) is 13.0 Å². The Morgan fingerprint density at radius 2 is 2.00 bits per heavy atom. The van der Waals surface area contributed by atoms with Crippen LogP contribution in [0.1, 0.15) is 77.5 Å². The largest absolute Gasteiger partial charge is 0.444 e. The zero-order valence-electron chi connectivity index (χ0n) is 18.1. The molecule has 2 amide bonds. The van der Waals surface area contributed by atoms with Crippen molar-refractivity contribution in [3.05, 3.63) is 11.8 Å². The molecular formula is C20H32N4O5S. The van der Waals surface area contributed by atoms with Crippen molar-refractivity contribution in [1.29, 1.82) is 0 Å². The predicted octanol–water partition coefficient (Wildman–Crippen LogP) is 2.75. The lowest BCUT2D eigenvalue weighted by atomic mass is 10.1. The smallest absolute Gasteiger partial charge is 0.407 e. The highest BCUT2D eigenvalue weighted by Crippen LogP contribution is 2.41. The first kappa shape index (κ1) is 22.6. The molecule has 0 spiro atoms. The SMILES string of the molecule is C[C@H](CCC(=O)Nc1cc(C2CC2)nn1[C@@H]1CCS(=O)(=O)C1)NC(=O)OC(C)(C)C. The summed E-state index contributed by atoms with van der Waals surface area (Å²) in [5.41, 5.74) is 0.335. The van der Waals surface area contributed by atoms with Gasteiger partial charge >= 0.3 is 6.09 Å². The molecule has 168 valence electrons. The number of alkyl carbamates (subject to hydrolysis) is 1. The van der Waals surface area contributed by atoms with Gasteiger partial charge in [0.25, 0.3) is 0 Å². The van der Waals surface area contributed by atoms with Gasteiger partial charge in [-0.05, 0) is 53.4 Å². The second kappa shape index (κ2) is 8.56. The van der Waals surface area contributed by atoms with Crippen LogP contribution in [0.5, 0.6) is 0 Å². The van der Waals surface area contributed by atoms with Crippen LogP contribution in [0.2, 0.25) is 0 Å². The number of hydrogen-bond acceptors (Lipinski definition) is 6. The van der Waals surface area contributed by atoms with Gasteiger partial charge in [-0.2, -0.15) is 5.10 Å². The van der Waals surface area contributed by atoms with E-state index < -0.39 is 21.5 Å². The van der Waals surface area contributed by atoms with Gasteiger partial charge in [0.15, 0.2) is 9.84 Å².